The van der Waals surface area contributed by atoms with Crippen molar-refractivity contribution in [2.24, 2.45) is 0 Å². The van der Waals surface area contributed by atoms with Crippen LogP contribution in [0.2, 0.25) is 4.34 Å². The molecule has 0 saturated heterocycles. The van der Waals surface area contributed by atoms with E-state index in [-0.39, 0.29) is 5.82 Å². The number of aromatic nitrogens is 5. The van der Waals surface area contributed by atoms with E-state index in [9.17, 15) is 4.39 Å². The Hall–Kier alpha value is -1.51. The normalized spacial score (nSPS) is 14.3. The van der Waals surface area contributed by atoms with Gasteiger partial charge in [-0.1, -0.05) is 40.0 Å². The third-order valence-electron chi connectivity index (χ3n) is 3.54. The number of benzene rings is 1. The highest BCUT2D eigenvalue weighted by molar-refractivity contribution is 7.98. The summed E-state index contributed by atoms with van der Waals surface area (Å²) in [6.45, 7) is 0. The van der Waals surface area contributed by atoms with Crippen LogP contribution in [0.15, 0.2) is 29.4 Å². The van der Waals surface area contributed by atoms with E-state index in [0.717, 1.165) is 35.2 Å². The predicted molar refractivity (Wildman–Crippen MR) is 88.2 cm³/mol. The Morgan fingerprint density at radius 1 is 1.26 bits per heavy atom. The fourth-order valence-corrected chi connectivity index (χ4v) is 4.02. The first-order chi connectivity index (χ1) is 11.2. The third-order valence-corrected chi connectivity index (χ3v) is 5.48. The first-order valence-electron chi connectivity index (χ1n) is 7.03. The molecule has 1 saturated carbocycles. The average Bonchev–Trinajstić information content (AvgIpc) is 3.18. The van der Waals surface area contributed by atoms with E-state index in [1.807, 2.05) is 4.57 Å². The molecule has 118 valence electrons. The third kappa shape index (κ3) is 2.98. The lowest BCUT2D eigenvalue weighted by Gasteiger charge is -2.08. The molecule has 1 aliphatic rings. The van der Waals surface area contributed by atoms with Crippen molar-refractivity contribution in [1.82, 2.24) is 24.4 Å². The van der Waals surface area contributed by atoms with Gasteiger partial charge in [-0.15, -0.1) is 15.3 Å². The summed E-state index contributed by atoms with van der Waals surface area (Å²) in [7, 11) is 0. The van der Waals surface area contributed by atoms with Crippen molar-refractivity contribution in [2.75, 3.05) is 0 Å². The molecule has 0 radical (unpaired) electrons. The lowest BCUT2D eigenvalue weighted by atomic mass is 10.2. The summed E-state index contributed by atoms with van der Waals surface area (Å²) in [5.41, 5.74) is 1.21. The number of hydrogen-bond donors (Lipinski definition) is 0. The molecule has 0 unspecified atom stereocenters. The zero-order valence-electron chi connectivity index (χ0n) is 11.8. The van der Waals surface area contributed by atoms with E-state index >= 15 is 0 Å². The molecule has 5 nitrogen and oxygen atoms in total. The van der Waals surface area contributed by atoms with Crippen molar-refractivity contribution >= 4 is 34.9 Å². The SMILES string of the molecule is Fc1ccccc1-c1nnc(SCc2nnsc2Cl)n1C1CC1. The van der Waals surface area contributed by atoms with Gasteiger partial charge in [-0.25, -0.2) is 4.39 Å². The molecule has 0 spiro atoms. The van der Waals surface area contributed by atoms with E-state index < -0.39 is 0 Å². The number of halogens is 2. The summed E-state index contributed by atoms with van der Waals surface area (Å²) < 4.78 is 20.5. The Morgan fingerprint density at radius 3 is 2.78 bits per heavy atom. The molecule has 2 aromatic heterocycles. The summed E-state index contributed by atoms with van der Waals surface area (Å²) in [6, 6.07) is 6.98. The summed E-state index contributed by atoms with van der Waals surface area (Å²) in [4.78, 5) is 0. The molecule has 1 aromatic carbocycles. The van der Waals surface area contributed by atoms with Crippen LogP contribution in [0, 0.1) is 5.82 Å². The quantitative estimate of drug-likeness (QED) is 0.632. The van der Waals surface area contributed by atoms with Crippen LogP contribution in [-0.2, 0) is 5.75 Å². The molecule has 9 heteroatoms. The van der Waals surface area contributed by atoms with E-state index in [4.69, 9.17) is 11.6 Å². The minimum atomic E-state index is -0.287. The lowest BCUT2D eigenvalue weighted by Crippen LogP contribution is -2.01. The predicted octanol–water partition coefficient (Wildman–Crippen LogP) is 4.22. The zero-order chi connectivity index (χ0) is 15.8. The second kappa shape index (κ2) is 6.18. The van der Waals surface area contributed by atoms with Gasteiger partial charge in [-0.2, -0.15) is 0 Å². The van der Waals surface area contributed by atoms with Crippen LogP contribution in [0.25, 0.3) is 11.4 Å². The van der Waals surface area contributed by atoms with Gasteiger partial charge in [0.05, 0.1) is 5.56 Å². The van der Waals surface area contributed by atoms with Crippen molar-refractivity contribution in [3.8, 4) is 11.4 Å². The van der Waals surface area contributed by atoms with Gasteiger partial charge in [0.15, 0.2) is 11.0 Å². The highest BCUT2D eigenvalue weighted by atomic mass is 35.5. The maximum absolute atomic E-state index is 14.1. The van der Waals surface area contributed by atoms with Crippen molar-refractivity contribution < 1.29 is 4.39 Å². The van der Waals surface area contributed by atoms with Crippen LogP contribution in [0.3, 0.4) is 0 Å². The fourth-order valence-electron chi connectivity index (χ4n) is 2.28. The summed E-state index contributed by atoms with van der Waals surface area (Å²) >= 11 is 8.69. The Morgan fingerprint density at radius 2 is 2.09 bits per heavy atom. The maximum atomic E-state index is 14.1. The molecule has 1 fully saturated rings. The first kappa shape index (κ1) is 15.0. The van der Waals surface area contributed by atoms with E-state index in [2.05, 4.69) is 19.8 Å². The second-order valence-electron chi connectivity index (χ2n) is 5.17. The zero-order valence-corrected chi connectivity index (χ0v) is 14.2. The van der Waals surface area contributed by atoms with Crippen molar-refractivity contribution in [3.63, 3.8) is 0 Å². The monoisotopic (exact) mass is 367 g/mol. The Bertz CT molecular complexity index is 845. The largest absolute Gasteiger partial charge is 0.299 e. The molecule has 23 heavy (non-hydrogen) atoms. The van der Waals surface area contributed by atoms with Crippen LogP contribution in [0.4, 0.5) is 4.39 Å². The van der Waals surface area contributed by atoms with Gasteiger partial charge in [0.2, 0.25) is 0 Å². The Kier molecular flexibility index (Phi) is 4.04. The maximum Gasteiger partial charge on any atom is 0.192 e. The molecule has 3 aromatic rings. The standard InChI is InChI=1S/C14H11ClFN5S2/c15-12-11(17-20-23-12)7-22-14-19-18-13(21(14)8-5-6-8)9-3-1-2-4-10(9)16/h1-4,8H,5-7H2. The second-order valence-corrected chi connectivity index (χ2v) is 7.47. The molecular weight excluding hydrogens is 357 g/mol. The Labute approximate surface area is 145 Å². The van der Waals surface area contributed by atoms with Crippen molar-refractivity contribution in [2.45, 2.75) is 29.8 Å². The molecule has 0 atom stereocenters. The molecule has 0 aliphatic heterocycles. The lowest BCUT2D eigenvalue weighted by molar-refractivity contribution is 0.622. The molecule has 0 N–H and O–H groups in total. The van der Waals surface area contributed by atoms with Gasteiger partial charge in [-0.05, 0) is 25.0 Å². The van der Waals surface area contributed by atoms with Crippen LogP contribution >= 0.6 is 34.9 Å². The van der Waals surface area contributed by atoms with Crippen LogP contribution in [0.5, 0.6) is 0 Å². The minimum absolute atomic E-state index is 0.287. The van der Waals surface area contributed by atoms with Crippen LogP contribution < -0.4 is 0 Å². The minimum Gasteiger partial charge on any atom is -0.299 e. The van der Waals surface area contributed by atoms with Gasteiger partial charge in [0, 0.05) is 23.3 Å². The molecule has 0 bridgehead atoms. The number of thioether (sulfide) groups is 1. The smallest absolute Gasteiger partial charge is 0.192 e. The molecule has 0 amide bonds. The van der Waals surface area contributed by atoms with Crippen molar-refractivity contribution in [1.29, 1.82) is 0 Å². The average molecular weight is 368 g/mol. The van der Waals surface area contributed by atoms with E-state index in [1.54, 1.807) is 18.2 Å². The highest BCUT2D eigenvalue weighted by Crippen LogP contribution is 2.42. The van der Waals surface area contributed by atoms with Crippen LogP contribution in [-0.4, -0.2) is 24.4 Å². The Balaban J connectivity index is 1.66. The first-order valence-corrected chi connectivity index (χ1v) is 9.17. The van der Waals surface area contributed by atoms with Gasteiger partial charge in [-0.3, -0.25) is 4.57 Å². The van der Waals surface area contributed by atoms with Gasteiger partial charge < -0.3 is 0 Å². The molecule has 4 rings (SSSR count). The number of nitrogens with zero attached hydrogens (tertiary/aromatic N) is 5. The van der Waals surface area contributed by atoms with E-state index in [1.165, 1.54) is 17.8 Å². The highest BCUT2D eigenvalue weighted by Gasteiger charge is 2.31. The topological polar surface area (TPSA) is 56.5 Å². The summed E-state index contributed by atoms with van der Waals surface area (Å²) in [5, 5.41) is 13.2. The van der Waals surface area contributed by atoms with Crippen LogP contribution in [0.1, 0.15) is 24.6 Å². The fraction of sp³-hybridized carbons (Fsp3) is 0.286. The summed E-state index contributed by atoms with van der Waals surface area (Å²) in [5.74, 6) is 0.859. The van der Waals surface area contributed by atoms with Crippen molar-refractivity contribution in [3.05, 3.63) is 40.1 Å². The molecule has 1 aliphatic carbocycles. The van der Waals surface area contributed by atoms with Gasteiger partial charge in [0.25, 0.3) is 0 Å². The van der Waals surface area contributed by atoms with E-state index in [0.29, 0.717) is 27.5 Å². The number of hydrogen-bond acceptors (Lipinski definition) is 6. The molecule has 2 heterocycles. The summed E-state index contributed by atoms with van der Waals surface area (Å²) in [6.07, 6.45) is 2.12. The molecular formula is C14H11ClFN5S2. The number of rotatable bonds is 5. The van der Waals surface area contributed by atoms with Gasteiger partial charge in [0.1, 0.15) is 15.8 Å². The van der Waals surface area contributed by atoms with Gasteiger partial charge >= 0.3 is 0 Å².